The summed E-state index contributed by atoms with van der Waals surface area (Å²) in [5.74, 6) is 1.05. The molecule has 2 unspecified atom stereocenters. The molecular formula is C10H22PS3+. The summed E-state index contributed by atoms with van der Waals surface area (Å²) >= 11 is 10.4. The molecule has 84 valence electrons. The molecule has 0 saturated carbocycles. The van der Waals surface area contributed by atoms with Gasteiger partial charge in [0.1, 0.15) is 10.5 Å². The van der Waals surface area contributed by atoms with Crippen LogP contribution in [0.3, 0.4) is 0 Å². The monoisotopic (exact) mass is 269 g/mol. The zero-order chi connectivity index (χ0) is 11.6. The Balaban J connectivity index is 4.92. The van der Waals surface area contributed by atoms with Gasteiger partial charge in [-0.15, -0.1) is 0 Å². The molecule has 0 saturated heterocycles. The number of hydrogen-bond acceptors (Lipinski definition) is 1. The minimum absolute atomic E-state index is 0.208. The Morgan fingerprint density at radius 2 is 1.93 bits per heavy atom. The molecule has 0 rings (SSSR count). The molecule has 0 aromatic carbocycles. The molecule has 0 aromatic heterocycles. The molecule has 0 N–H and O–H groups in total. The molecule has 0 aliphatic heterocycles. The summed E-state index contributed by atoms with van der Waals surface area (Å²) in [5.41, 5.74) is 1.24. The molecule has 0 nitrogen and oxygen atoms in total. The van der Waals surface area contributed by atoms with Crippen LogP contribution < -0.4 is 0 Å². The van der Waals surface area contributed by atoms with E-state index in [0.717, 1.165) is 11.9 Å². The van der Waals surface area contributed by atoms with E-state index in [0.29, 0.717) is 0 Å². The minimum atomic E-state index is -1.46. The molecular weight excluding hydrogens is 247 g/mol. The summed E-state index contributed by atoms with van der Waals surface area (Å²) < 4.78 is -1.19. The van der Waals surface area contributed by atoms with Gasteiger partial charge in [0, 0.05) is 16.7 Å². The van der Waals surface area contributed by atoms with Gasteiger partial charge in [-0.3, -0.25) is 0 Å². The first kappa shape index (κ1) is 15.1. The van der Waals surface area contributed by atoms with Crippen LogP contribution in [0.15, 0.2) is 12.2 Å². The van der Waals surface area contributed by atoms with Gasteiger partial charge in [-0.05, 0) is 45.1 Å². The average molecular weight is 269 g/mol. The largest absolute Gasteiger partial charge is 0.190 e. The summed E-state index contributed by atoms with van der Waals surface area (Å²) in [6, 6.07) is 0. The van der Waals surface area contributed by atoms with Crippen LogP contribution in [0.1, 0.15) is 34.6 Å². The summed E-state index contributed by atoms with van der Waals surface area (Å²) in [5, 5.41) is 0. The summed E-state index contributed by atoms with van der Waals surface area (Å²) in [6.45, 7) is 15.1. The van der Waals surface area contributed by atoms with Crippen LogP contribution >= 0.6 is 16.7 Å². The number of hydrogen-bond donors (Lipinski definition) is 1. The fourth-order valence-electron chi connectivity index (χ4n) is 1.13. The van der Waals surface area contributed by atoms with Crippen LogP contribution in [0, 0.1) is 0 Å². The Labute approximate surface area is 102 Å². The van der Waals surface area contributed by atoms with Gasteiger partial charge in [0.05, 0.1) is 0 Å². The van der Waals surface area contributed by atoms with Gasteiger partial charge in [0.2, 0.25) is 0 Å². The van der Waals surface area contributed by atoms with Gasteiger partial charge in [-0.1, -0.05) is 25.8 Å². The van der Waals surface area contributed by atoms with E-state index in [1.165, 1.54) is 5.57 Å². The second-order valence-corrected chi connectivity index (χ2v) is 18.1. The maximum Gasteiger partial charge on any atom is 0.190 e. The Kier molecular flexibility index (Phi) is 5.85. The highest BCUT2D eigenvalue weighted by Gasteiger charge is 2.43. The highest BCUT2D eigenvalue weighted by Crippen LogP contribution is 2.62. The van der Waals surface area contributed by atoms with Gasteiger partial charge in [-0.2, -0.15) is 0 Å². The third-order valence-corrected chi connectivity index (χ3v) is 15.4. The summed E-state index contributed by atoms with van der Waals surface area (Å²) in [4.78, 5) is 0. The van der Waals surface area contributed by atoms with Crippen molar-refractivity contribution >= 4 is 39.0 Å². The first-order chi connectivity index (χ1) is 6.11. The highest BCUT2D eigenvalue weighted by molar-refractivity contribution is 8.95. The van der Waals surface area contributed by atoms with Crippen molar-refractivity contribution in [1.82, 2.24) is 0 Å². The van der Waals surface area contributed by atoms with Gasteiger partial charge < -0.3 is 0 Å². The summed E-state index contributed by atoms with van der Waals surface area (Å²) in [6.07, 6.45) is 1.04. The molecule has 0 fully saturated rings. The van der Waals surface area contributed by atoms with Crippen LogP contribution in [0.5, 0.6) is 0 Å². The normalized spacial score (nSPS) is 18.7. The third kappa shape index (κ3) is 4.74. The Hall–Kier alpha value is 1.09. The standard InChI is InChI=1S/C10H21PS3/c1-7-11(12,13)14(8-9(2)3)10(4,5)6/h2,7-8H2,1,3-6H3/p+1. The van der Waals surface area contributed by atoms with Crippen molar-refractivity contribution < 1.29 is 0 Å². The van der Waals surface area contributed by atoms with Gasteiger partial charge in [0.25, 0.3) is 0 Å². The maximum atomic E-state index is 5.68. The van der Waals surface area contributed by atoms with E-state index in [9.17, 15) is 0 Å². The lowest BCUT2D eigenvalue weighted by Gasteiger charge is -2.27. The van der Waals surface area contributed by atoms with Crippen molar-refractivity contribution in [2.75, 3.05) is 11.9 Å². The Bertz CT molecular complexity index is 253. The Morgan fingerprint density at radius 1 is 1.50 bits per heavy atom. The molecule has 0 aliphatic carbocycles. The van der Waals surface area contributed by atoms with E-state index in [1.807, 2.05) is 0 Å². The van der Waals surface area contributed by atoms with E-state index in [4.69, 9.17) is 24.1 Å². The number of rotatable bonds is 4. The lowest BCUT2D eigenvalue weighted by atomic mass is 10.3. The predicted octanol–water partition coefficient (Wildman–Crippen LogP) is 4.24. The Morgan fingerprint density at radius 3 is 2.14 bits per heavy atom. The second-order valence-electron chi connectivity index (χ2n) is 4.53. The van der Waals surface area contributed by atoms with Crippen LogP contribution in [0.4, 0.5) is 0 Å². The molecule has 0 bridgehead atoms. The summed E-state index contributed by atoms with van der Waals surface area (Å²) in [7, 11) is 0.208. The van der Waals surface area contributed by atoms with Crippen LogP contribution in [-0.4, -0.2) is 16.7 Å². The van der Waals surface area contributed by atoms with Crippen molar-refractivity contribution in [3.63, 3.8) is 0 Å². The zero-order valence-electron chi connectivity index (χ0n) is 9.83. The minimum Gasteiger partial charge on any atom is -0.0955 e. The molecule has 0 aliphatic rings. The fourth-order valence-corrected chi connectivity index (χ4v) is 13.4. The zero-order valence-corrected chi connectivity index (χ0v) is 13.3. The molecule has 14 heavy (non-hydrogen) atoms. The predicted molar refractivity (Wildman–Crippen MR) is 80.6 cm³/mol. The van der Waals surface area contributed by atoms with Gasteiger partial charge in [0.15, 0.2) is 4.44 Å². The second kappa shape index (κ2) is 5.43. The quantitative estimate of drug-likeness (QED) is 0.345. The smallest absolute Gasteiger partial charge is 0.0955 e. The number of thiol groups is 1. The van der Waals surface area contributed by atoms with Gasteiger partial charge >= 0.3 is 0 Å². The molecule has 0 amide bonds. The van der Waals surface area contributed by atoms with E-state index in [2.05, 4.69) is 41.2 Å². The van der Waals surface area contributed by atoms with Crippen molar-refractivity contribution in [2.45, 2.75) is 39.4 Å². The lowest BCUT2D eigenvalue weighted by Crippen LogP contribution is -2.30. The van der Waals surface area contributed by atoms with E-state index in [-0.39, 0.29) is 15.3 Å². The van der Waals surface area contributed by atoms with Gasteiger partial charge in [-0.25, -0.2) is 0 Å². The molecule has 4 heteroatoms. The highest BCUT2D eigenvalue weighted by atomic mass is 33.2. The van der Waals surface area contributed by atoms with E-state index in [1.54, 1.807) is 0 Å². The molecule has 0 aromatic rings. The maximum absolute atomic E-state index is 5.68. The molecule has 2 atom stereocenters. The van der Waals surface area contributed by atoms with E-state index >= 15 is 0 Å². The van der Waals surface area contributed by atoms with Crippen molar-refractivity contribution in [3.8, 4) is 0 Å². The first-order valence-corrected chi connectivity index (χ1v) is 10.9. The molecule has 0 heterocycles. The van der Waals surface area contributed by atoms with Crippen molar-refractivity contribution in [2.24, 2.45) is 0 Å². The fraction of sp³-hybridized carbons (Fsp3) is 0.800. The SMILES string of the molecule is C=C(C)C[S+](C(C)(C)C)P(=S)(S)CC. The van der Waals surface area contributed by atoms with Crippen LogP contribution in [0.25, 0.3) is 0 Å². The van der Waals surface area contributed by atoms with Crippen molar-refractivity contribution in [3.05, 3.63) is 12.2 Å². The average Bonchev–Trinajstić information content (AvgIpc) is 1.98. The van der Waals surface area contributed by atoms with Crippen molar-refractivity contribution in [1.29, 1.82) is 0 Å². The van der Waals surface area contributed by atoms with Crippen LogP contribution in [0.2, 0.25) is 0 Å². The lowest BCUT2D eigenvalue weighted by molar-refractivity contribution is 0.798. The first-order valence-electron chi connectivity index (χ1n) is 4.79. The molecule has 0 radical (unpaired) electrons. The molecule has 0 spiro atoms. The van der Waals surface area contributed by atoms with E-state index < -0.39 is 4.44 Å². The van der Waals surface area contributed by atoms with Crippen LogP contribution in [-0.2, 0) is 22.3 Å². The topological polar surface area (TPSA) is 0 Å². The third-order valence-electron chi connectivity index (χ3n) is 1.83.